The van der Waals surface area contributed by atoms with Crippen LogP contribution in [0.3, 0.4) is 0 Å². The first-order valence-electron chi connectivity index (χ1n) is 6.10. The zero-order valence-electron chi connectivity index (χ0n) is 10.1. The third-order valence-electron chi connectivity index (χ3n) is 3.47. The minimum Gasteiger partial charge on any atom is -0.351 e. The molecule has 0 radical (unpaired) electrons. The van der Waals surface area contributed by atoms with Crippen molar-refractivity contribution >= 4 is 17.5 Å². The lowest BCUT2D eigenvalue weighted by atomic mass is 9.87. The molecular weight excluding hydrogens is 248 g/mol. The molecule has 1 aromatic rings. The van der Waals surface area contributed by atoms with Crippen molar-refractivity contribution in [2.45, 2.75) is 32.2 Å². The molecule has 2 rings (SSSR count). The molecule has 94 valence electrons. The molecule has 1 N–H and O–H groups in total. The molecule has 1 aliphatic carbocycles. The van der Waals surface area contributed by atoms with Crippen LogP contribution in [0.15, 0.2) is 24.3 Å². The number of benzene rings is 1. The lowest BCUT2D eigenvalue weighted by Crippen LogP contribution is -2.37. The van der Waals surface area contributed by atoms with Gasteiger partial charge in [-0.2, -0.15) is 5.26 Å². The van der Waals surface area contributed by atoms with E-state index >= 15 is 0 Å². The van der Waals surface area contributed by atoms with Crippen LogP contribution in [0.2, 0.25) is 5.02 Å². The number of amides is 1. The molecule has 0 unspecified atom stereocenters. The molecule has 3 nitrogen and oxygen atoms in total. The van der Waals surface area contributed by atoms with Gasteiger partial charge in [0, 0.05) is 11.6 Å². The number of carbonyl (C=O) groups excluding carboxylic acids is 1. The highest BCUT2D eigenvalue weighted by molar-refractivity contribution is 6.30. The quantitative estimate of drug-likeness (QED) is 0.910. The molecule has 1 aliphatic rings. The van der Waals surface area contributed by atoms with E-state index in [0.29, 0.717) is 24.4 Å². The van der Waals surface area contributed by atoms with E-state index in [2.05, 4.69) is 11.4 Å². The van der Waals surface area contributed by atoms with Crippen LogP contribution < -0.4 is 5.32 Å². The Kier molecular flexibility index (Phi) is 3.88. The van der Waals surface area contributed by atoms with Gasteiger partial charge in [0.25, 0.3) is 0 Å². The number of carbonyl (C=O) groups is 1. The standard InChI is InChI=1S/C14H15ClN2O/c15-12-5-3-11(4-6-12)9-17-13(18)14(10-16)7-1-2-8-14/h3-6H,1-2,7-9H2,(H,17,18). The molecule has 0 spiro atoms. The second-order valence-electron chi connectivity index (χ2n) is 4.71. The van der Waals surface area contributed by atoms with Crippen LogP contribution in [-0.4, -0.2) is 5.91 Å². The number of hydrogen-bond donors (Lipinski definition) is 1. The second kappa shape index (κ2) is 5.41. The molecule has 0 atom stereocenters. The lowest BCUT2D eigenvalue weighted by molar-refractivity contribution is -0.128. The number of hydrogen-bond acceptors (Lipinski definition) is 2. The third kappa shape index (κ3) is 2.65. The van der Waals surface area contributed by atoms with E-state index < -0.39 is 5.41 Å². The molecule has 0 aliphatic heterocycles. The Labute approximate surface area is 112 Å². The maximum Gasteiger partial charge on any atom is 0.240 e. The van der Waals surface area contributed by atoms with E-state index in [1.807, 2.05) is 12.1 Å². The molecule has 1 saturated carbocycles. The summed E-state index contributed by atoms with van der Waals surface area (Å²) < 4.78 is 0. The van der Waals surface area contributed by atoms with Gasteiger partial charge in [0.2, 0.25) is 5.91 Å². The van der Waals surface area contributed by atoms with Gasteiger partial charge in [-0.25, -0.2) is 0 Å². The Hall–Kier alpha value is -1.53. The van der Waals surface area contributed by atoms with Gasteiger partial charge in [0.15, 0.2) is 0 Å². The van der Waals surface area contributed by atoms with Gasteiger partial charge in [0.05, 0.1) is 6.07 Å². The van der Waals surface area contributed by atoms with E-state index in [9.17, 15) is 10.1 Å². The molecule has 18 heavy (non-hydrogen) atoms. The topological polar surface area (TPSA) is 52.9 Å². The third-order valence-corrected chi connectivity index (χ3v) is 3.72. The van der Waals surface area contributed by atoms with Crippen LogP contribution in [0.5, 0.6) is 0 Å². The summed E-state index contributed by atoms with van der Waals surface area (Å²) in [5.74, 6) is -0.141. The largest absolute Gasteiger partial charge is 0.351 e. The Morgan fingerprint density at radius 1 is 1.33 bits per heavy atom. The Balaban J connectivity index is 1.96. The van der Waals surface area contributed by atoms with Crippen molar-refractivity contribution in [3.8, 4) is 6.07 Å². The van der Waals surface area contributed by atoms with Gasteiger partial charge < -0.3 is 5.32 Å². The molecule has 0 heterocycles. The van der Waals surface area contributed by atoms with Crippen LogP contribution in [0, 0.1) is 16.7 Å². The van der Waals surface area contributed by atoms with Crippen LogP contribution >= 0.6 is 11.6 Å². The van der Waals surface area contributed by atoms with Crippen molar-refractivity contribution < 1.29 is 4.79 Å². The summed E-state index contributed by atoms with van der Waals surface area (Å²) in [5, 5.41) is 12.7. The van der Waals surface area contributed by atoms with Crippen LogP contribution in [0.25, 0.3) is 0 Å². The van der Waals surface area contributed by atoms with E-state index in [1.54, 1.807) is 12.1 Å². The normalized spacial score (nSPS) is 17.1. The monoisotopic (exact) mass is 262 g/mol. The fourth-order valence-electron chi connectivity index (χ4n) is 2.32. The SMILES string of the molecule is N#CC1(C(=O)NCc2ccc(Cl)cc2)CCCC1. The predicted octanol–water partition coefficient (Wildman–Crippen LogP) is 3.04. The van der Waals surface area contributed by atoms with Crippen molar-refractivity contribution in [3.63, 3.8) is 0 Å². The van der Waals surface area contributed by atoms with Gasteiger partial charge in [0.1, 0.15) is 5.41 Å². The Morgan fingerprint density at radius 3 is 2.50 bits per heavy atom. The summed E-state index contributed by atoms with van der Waals surface area (Å²) in [7, 11) is 0. The molecular formula is C14H15ClN2O. The average molecular weight is 263 g/mol. The van der Waals surface area contributed by atoms with Crippen LogP contribution in [0.4, 0.5) is 0 Å². The van der Waals surface area contributed by atoms with Crippen molar-refractivity contribution in [1.82, 2.24) is 5.32 Å². The maximum atomic E-state index is 12.1. The van der Waals surface area contributed by atoms with Gasteiger partial charge >= 0.3 is 0 Å². The highest BCUT2D eigenvalue weighted by Gasteiger charge is 2.41. The number of nitrogens with one attached hydrogen (secondary N) is 1. The Bertz CT molecular complexity index is 470. The van der Waals surface area contributed by atoms with Crippen molar-refractivity contribution in [2.75, 3.05) is 0 Å². The molecule has 0 bridgehead atoms. The molecule has 0 saturated heterocycles. The van der Waals surface area contributed by atoms with Crippen molar-refractivity contribution in [3.05, 3.63) is 34.9 Å². The van der Waals surface area contributed by atoms with E-state index in [4.69, 9.17) is 11.6 Å². The molecule has 1 amide bonds. The first-order chi connectivity index (χ1) is 8.66. The summed E-state index contributed by atoms with van der Waals surface area (Å²) in [6, 6.07) is 9.51. The highest BCUT2D eigenvalue weighted by Crippen LogP contribution is 2.37. The van der Waals surface area contributed by atoms with Gasteiger partial charge in [-0.15, -0.1) is 0 Å². The van der Waals surface area contributed by atoms with E-state index in [-0.39, 0.29) is 5.91 Å². The van der Waals surface area contributed by atoms with Crippen LogP contribution in [-0.2, 0) is 11.3 Å². The van der Waals surface area contributed by atoms with E-state index in [1.165, 1.54) is 0 Å². The minimum atomic E-state index is -0.799. The molecule has 4 heteroatoms. The van der Waals surface area contributed by atoms with Gasteiger partial charge in [-0.05, 0) is 30.5 Å². The fourth-order valence-corrected chi connectivity index (χ4v) is 2.45. The zero-order valence-corrected chi connectivity index (χ0v) is 10.8. The summed E-state index contributed by atoms with van der Waals surface area (Å²) in [6.45, 7) is 0.444. The summed E-state index contributed by atoms with van der Waals surface area (Å²) in [6.07, 6.45) is 3.27. The first kappa shape index (κ1) is 12.9. The number of halogens is 1. The zero-order chi connectivity index (χ0) is 13.0. The first-order valence-corrected chi connectivity index (χ1v) is 6.48. The summed E-state index contributed by atoms with van der Waals surface area (Å²) >= 11 is 5.79. The Morgan fingerprint density at radius 2 is 1.94 bits per heavy atom. The molecule has 1 fully saturated rings. The fraction of sp³-hybridized carbons (Fsp3) is 0.429. The number of nitrogens with zero attached hydrogens (tertiary/aromatic N) is 1. The molecule has 1 aromatic carbocycles. The van der Waals surface area contributed by atoms with Crippen molar-refractivity contribution in [1.29, 1.82) is 5.26 Å². The van der Waals surface area contributed by atoms with Gasteiger partial charge in [-0.3, -0.25) is 4.79 Å². The molecule has 0 aromatic heterocycles. The number of rotatable bonds is 3. The van der Waals surface area contributed by atoms with E-state index in [0.717, 1.165) is 18.4 Å². The van der Waals surface area contributed by atoms with Crippen LogP contribution in [0.1, 0.15) is 31.2 Å². The lowest BCUT2D eigenvalue weighted by Gasteiger charge is -2.19. The summed E-state index contributed by atoms with van der Waals surface area (Å²) in [4.78, 5) is 12.1. The summed E-state index contributed by atoms with van der Waals surface area (Å²) in [5.41, 5.74) is 0.186. The average Bonchev–Trinajstić information content (AvgIpc) is 2.88. The maximum absolute atomic E-state index is 12.1. The minimum absolute atomic E-state index is 0.141. The highest BCUT2D eigenvalue weighted by atomic mass is 35.5. The number of nitriles is 1. The van der Waals surface area contributed by atoms with Gasteiger partial charge in [-0.1, -0.05) is 36.6 Å². The van der Waals surface area contributed by atoms with Crippen molar-refractivity contribution in [2.24, 2.45) is 5.41 Å². The smallest absolute Gasteiger partial charge is 0.240 e. The predicted molar refractivity (Wildman–Crippen MR) is 69.8 cm³/mol. The second-order valence-corrected chi connectivity index (χ2v) is 5.15.